The summed E-state index contributed by atoms with van der Waals surface area (Å²) in [6.07, 6.45) is -1.45. The maximum absolute atomic E-state index is 13.6. The zero-order valence-corrected chi connectivity index (χ0v) is 38.9. The number of aromatic nitrogens is 2. The Balaban J connectivity index is 1.34. The molecule has 0 aliphatic carbocycles. The third kappa shape index (κ3) is 11.3. The first-order valence-electron chi connectivity index (χ1n) is 21.6. The van der Waals surface area contributed by atoms with Gasteiger partial charge in [0.05, 0.1) is 33.3 Å². The number of H-pyrrole nitrogens is 1. The first kappa shape index (κ1) is 49.4. The molecule has 2 amide bonds. The molecule has 5 atom stereocenters. The van der Waals surface area contributed by atoms with Crippen molar-refractivity contribution in [2.75, 3.05) is 27.4 Å². The fourth-order valence-electron chi connectivity index (χ4n) is 8.28. The lowest BCUT2D eigenvalue weighted by atomic mass is 9.79. The number of nitriles is 1. The number of amides is 2. The minimum absolute atomic E-state index is 0.000855. The van der Waals surface area contributed by atoms with Gasteiger partial charge in [0.25, 0.3) is 17.4 Å². The third-order valence-corrected chi connectivity index (χ3v) is 12.3. The Morgan fingerprint density at radius 1 is 0.894 bits per heavy atom. The maximum Gasteiger partial charge on any atom is 0.697 e. The van der Waals surface area contributed by atoms with Crippen molar-refractivity contribution in [2.45, 2.75) is 109 Å². The van der Waals surface area contributed by atoms with Crippen molar-refractivity contribution in [3.63, 3.8) is 0 Å². The molecule has 66 heavy (non-hydrogen) atoms. The molecule has 0 bridgehead atoms. The van der Waals surface area contributed by atoms with Crippen LogP contribution in [0.4, 0.5) is 0 Å². The summed E-state index contributed by atoms with van der Waals surface area (Å²) in [5.41, 5.74) is 0.329. The van der Waals surface area contributed by atoms with Crippen LogP contribution < -0.4 is 20.7 Å². The van der Waals surface area contributed by atoms with E-state index in [2.05, 4.69) is 11.1 Å². The van der Waals surface area contributed by atoms with Crippen molar-refractivity contribution >= 4 is 26.0 Å². The summed E-state index contributed by atoms with van der Waals surface area (Å²) in [6, 6.07) is 23.5. The molecule has 1 N–H and O–H groups in total. The monoisotopic (exact) mass is 928 g/mol. The van der Waals surface area contributed by atoms with E-state index in [1.54, 1.807) is 45.4 Å². The second-order valence-electron chi connectivity index (χ2n) is 16.5. The fourth-order valence-corrected chi connectivity index (χ4v) is 9.04. The Labute approximate surface area is 383 Å². The van der Waals surface area contributed by atoms with E-state index in [1.165, 1.54) is 10.8 Å². The number of carbonyl (C=O) groups excluding carboxylic acids is 3. The van der Waals surface area contributed by atoms with Crippen molar-refractivity contribution in [1.82, 2.24) is 19.5 Å². The number of hydrogen-bond acceptors (Lipinski definition) is 15. The molecule has 350 valence electrons. The number of nitrogens with zero attached hydrogens (tertiary/aromatic N) is 4. The molecule has 4 aromatic rings. The van der Waals surface area contributed by atoms with Gasteiger partial charge in [-0.3, -0.25) is 28.8 Å². The number of ether oxygens (including phenoxy) is 4. The molecule has 2 aliphatic heterocycles. The Bertz CT molecular complexity index is 2450. The van der Waals surface area contributed by atoms with Gasteiger partial charge in [-0.15, -0.1) is 14.1 Å². The molecular formula is C47H55N5O13P+. The van der Waals surface area contributed by atoms with Crippen LogP contribution in [0.25, 0.3) is 0 Å². The first-order chi connectivity index (χ1) is 31.6. The number of hydrogen-bond donors (Lipinski definition) is 1. The molecule has 19 heteroatoms. The molecule has 2 fully saturated rings. The van der Waals surface area contributed by atoms with Crippen LogP contribution in [0.5, 0.6) is 11.5 Å². The van der Waals surface area contributed by atoms with E-state index < -0.39 is 67.4 Å². The highest BCUT2D eigenvalue weighted by molar-refractivity contribution is 7.33. The van der Waals surface area contributed by atoms with Crippen LogP contribution in [0.2, 0.25) is 0 Å². The molecular weight excluding hydrogens is 874 g/mol. The van der Waals surface area contributed by atoms with Crippen LogP contribution in [0, 0.1) is 18.3 Å². The second-order valence-corrected chi connectivity index (χ2v) is 17.4. The smallest absolute Gasteiger partial charge is 0.497 e. The minimum Gasteiger partial charge on any atom is -0.497 e. The van der Waals surface area contributed by atoms with E-state index in [4.69, 9.17) is 32.8 Å². The Morgan fingerprint density at radius 2 is 1.44 bits per heavy atom. The molecule has 0 saturated carbocycles. The van der Waals surface area contributed by atoms with Crippen molar-refractivity contribution in [2.24, 2.45) is 0 Å². The van der Waals surface area contributed by atoms with Crippen LogP contribution in [0.15, 0.2) is 88.6 Å². The van der Waals surface area contributed by atoms with Gasteiger partial charge in [-0.25, -0.2) is 9.59 Å². The van der Waals surface area contributed by atoms with Crippen LogP contribution in [-0.4, -0.2) is 95.1 Å². The molecule has 2 aliphatic rings. The Kier molecular flexibility index (Phi) is 16.4. The van der Waals surface area contributed by atoms with E-state index in [0.29, 0.717) is 33.3 Å². The number of rotatable bonds is 21. The topological polar surface area (TPSA) is 218 Å². The van der Waals surface area contributed by atoms with Gasteiger partial charge in [0, 0.05) is 47.7 Å². The van der Waals surface area contributed by atoms with Crippen LogP contribution >= 0.6 is 8.25 Å². The van der Waals surface area contributed by atoms with Gasteiger partial charge in [-0.1, -0.05) is 48.5 Å². The number of aromatic amines is 1. The summed E-state index contributed by atoms with van der Waals surface area (Å²) in [6.45, 7) is 8.97. The van der Waals surface area contributed by atoms with E-state index in [1.807, 2.05) is 81.1 Å². The van der Waals surface area contributed by atoms with Crippen molar-refractivity contribution < 1.29 is 51.8 Å². The molecule has 1 aromatic heterocycles. The minimum atomic E-state index is -2.83. The van der Waals surface area contributed by atoms with Crippen LogP contribution in [-0.2, 0) is 54.3 Å². The Hall–Kier alpha value is -6.06. The predicted molar refractivity (Wildman–Crippen MR) is 238 cm³/mol. The number of imide groups is 1. The number of nitrogens with one attached hydrogen (secondary N) is 1. The average Bonchev–Trinajstić information content (AvgIpc) is 3.85. The zero-order valence-electron chi connectivity index (χ0n) is 38.0. The van der Waals surface area contributed by atoms with E-state index in [-0.39, 0.29) is 63.0 Å². The summed E-state index contributed by atoms with van der Waals surface area (Å²) in [5.74, 6) is -0.672. The molecule has 3 aromatic carbocycles. The van der Waals surface area contributed by atoms with Gasteiger partial charge in [0.1, 0.15) is 48.2 Å². The predicted octanol–water partition coefficient (Wildman–Crippen LogP) is 5.77. The van der Waals surface area contributed by atoms with Crippen LogP contribution in [0.3, 0.4) is 0 Å². The lowest BCUT2D eigenvalue weighted by molar-refractivity contribution is -0.197. The molecule has 2 saturated heterocycles. The molecule has 18 nitrogen and oxygen atoms in total. The number of aryl methyl sites for hydroxylation is 2. The SMILES string of the molecule is COc1ccc(C(OC[C@H]2O[C@@H](n3cc(C)c(=O)[nH]c3=O)CC2O[P+](=O)OCC(C#N)N(C(C)C)C(C)C)(c2ccc(CCC(=O)ON3C(=O)CCC3=O)cc2)c2ccc(OC)cc2)cc1. The van der Waals surface area contributed by atoms with Crippen molar-refractivity contribution in [3.8, 4) is 17.6 Å². The highest BCUT2D eigenvalue weighted by atomic mass is 31.1. The number of carbonyl (C=O) groups is 3. The van der Waals surface area contributed by atoms with E-state index in [9.17, 15) is 33.8 Å². The standard InChI is InChI=1S/C47H54N5O13P/c1-29(2)51(30(3)4)36(25-48)27-62-66(58)65-39-24-43(50-26-31(5)45(56)49-46(50)57)63-40(39)28-61-47(34-13-17-37(59-6)18-14-34,35-15-19-38(60-7)20-16-35)33-11-8-32(9-12-33)10-23-44(55)64-52-41(53)21-22-42(52)54/h8-9,11-20,26,29-30,36,39-40,43H,10,21-24,27-28H2,1-7H3/p+1/t36?,39?,40-,43-/m1/s1. The summed E-state index contributed by atoms with van der Waals surface area (Å²) in [7, 11) is 0.278. The number of methoxy groups -OCH3 is 2. The van der Waals surface area contributed by atoms with Crippen LogP contribution in [0.1, 0.15) is 87.4 Å². The van der Waals surface area contributed by atoms with Gasteiger partial charge in [-0.05, 0) is 87.6 Å². The first-order valence-corrected chi connectivity index (χ1v) is 22.7. The quantitative estimate of drug-likeness (QED) is 0.0596. The van der Waals surface area contributed by atoms with E-state index in [0.717, 1.165) is 5.56 Å². The van der Waals surface area contributed by atoms with Gasteiger partial charge in [-0.2, -0.15) is 5.26 Å². The zero-order chi connectivity index (χ0) is 47.7. The second kappa shape index (κ2) is 22.0. The average molecular weight is 929 g/mol. The fraction of sp³-hybridized carbons (Fsp3) is 0.447. The van der Waals surface area contributed by atoms with Crippen molar-refractivity contribution in [3.05, 3.63) is 128 Å². The molecule has 6 rings (SSSR count). The third-order valence-electron chi connectivity index (χ3n) is 11.5. The molecule has 0 radical (unpaired) electrons. The maximum atomic E-state index is 13.6. The van der Waals surface area contributed by atoms with Gasteiger partial charge in [0.2, 0.25) is 0 Å². The highest BCUT2D eigenvalue weighted by Gasteiger charge is 2.47. The van der Waals surface area contributed by atoms with Gasteiger partial charge < -0.3 is 23.8 Å². The summed E-state index contributed by atoms with van der Waals surface area (Å²) < 4.78 is 51.3. The molecule has 0 spiro atoms. The summed E-state index contributed by atoms with van der Waals surface area (Å²) in [4.78, 5) is 71.5. The summed E-state index contributed by atoms with van der Waals surface area (Å²) in [5, 5.41) is 10.5. The van der Waals surface area contributed by atoms with E-state index >= 15 is 0 Å². The van der Waals surface area contributed by atoms with Gasteiger partial charge in [0.15, 0.2) is 0 Å². The normalized spacial score (nSPS) is 18.2. The lowest BCUT2D eigenvalue weighted by Gasteiger charge is -2.37. The largest absolute Gasteiger partial charge is 0.697 e. The molecule has 3 heterocycles. The number of hydroxylamine groups is 2. The van der Waals surface area contributed by atoms with Crippen molar-refractivity contribution in [1.29, 1.82) is 5.26 Å². The Morgan fingerprint density at radius 3 is 1.95 bits per heavy atom. The van der Waals surface area contributed by atoms with Gasteiger partial charge >= 0.3 is 19.9 Å². The lowest BCUT2D eigenvalue weighted by Crippen LogP contribution is -2.46. The number of benzene rings is 3. The summed E-state index contributed by atoms with van der Waals surface area (Å²) >= 11 is 0. The highest BCUT2D eigenvalue weighted by Crippen LogP contribution is 2.44. The molecule has 3 unspecified atom stereocenters.